The fourth-order valence-electron chi connectivity index (χ4n) is 0.912. The van der Waals surface area contributed by atoms with Gasteiger partial charge in [0.1, 0.15) is 4.21 Å². The van der Waals surface area contributed by atoms with Gasteiger partial charge in [-0.3, -0.25) is 0 Å². The van der Waals surface area contributed by atoms with Crippen molar-refractivity contribution in [2.24, 2.45) is 0 Å². The number of hydrogen-bond donors (Lipinski definition) is 1. The molecule has 2 N–H and O–H groups in total. The Labute approximate surface area is 90.4 Å². The number of rotatable bonds is 4. The normalized spacial score (nSPS) is 12.6. The average Bonchev–Trinajstić information content (AvgIpc) is 2.50. The molecule has 0 aliphatic rings. The summed E-state index contributed by atoms with van der Waals surface area (Å²) in [6, 6.07) is 1.25. The predicted molar refractivity (Wildman–Crippen MR) is 54.6 cm³/mol. The molecule has 1 aromatic heterocycles. The molecule has 0 aromatic carbocycles. The van der Waals surface area contributed by atoms with Crippen molar-refractivity contribution in [3.8, 4) is 0 Å². The molecule has 0 amide bonds. The maximum Gasteiger partial charge on any atom is 0.252 e. The van der Waals surface area contributed by atoms with Crippen LogP contribution in [0.2, 0.25) is 0 Å². The molecule has 0 bridgehead atoms. The van der Waals surface area contributed by atoms with Crippen molar-refractivity contribution in [3.05, 3.63) is 11.4 Å². The summed E-state index contributed by atoms with van der Waals surface area (Å²) in [7, 11) is -2.71. The van der Waals surface area contributed by atoms with Gasteiger partial charge in [-0.15, -0.1) is 11.3 Å². The summed E-state index contributed by atoms with van der Waals surface area (Å²) in [4.78, 5) is 0. The van der Waals surface area contributed by atoms with E-state index in [1.165, 1.54) is 11.4 Å². The van der Waals surface area contributed by atoms with Crippen LogP contribution in [0.1, 0.15) is 0 Å². The second-order valence-electron chi connectivity index (χ2n) is 2.88. The molecule has 0 fully saturated rings. The van der Waals surface area contributed by atoms with Crippen LogP contribution >= 0.6 is 11.3 Å². The molecule has 1 heterocycles. The third-order valence-electron chi connectivity index (χ3n) is 1.66. The van der Waals surface area contributed by atoms with Crippen LogP contribution in [0.25, 0.3) is 0 Å². The van der Waals surface area contributed by atoms with Crippen molar-refractivity contribution in [1.82, 2.24) is 4.31 Å². The molecule has 0 radical (unpaired) electrons. The highest BCUT2D eigenvalue weighted by atomic mass is 32.2. The van der Waals surface area contributed by atoms with E-state index < -0.39 is 23.0 Å². The first-order valence-electron chi connectivity index (χ1n) is 3.92. The van der Waals surface area contributed by atoms with Gasteiger partial charge in [-0.2, -0.15) is 4.31 Å². The van der Waals surface area contributed by atoms with E-state index in [1.807, 2.05) is 0 Å². The minimum atomic E-state index is -3.82. The van der Waals surface area contributed by atoms with Crippen molar-refractivity contribution in [3.63, 3.8) is 0 Å². The number of alkyl halides is 2. The molecule has 4 nitrogen and oxygen atoms in total. The molecule has 0 spiro atoms. The first kappa shape index (κ1) is 12.3. The van der Waals surface area contributed by atoms with Crippen LogP contribution in [-0.4, -0.2) is 32.7 Å². The summed E-state index contributed by atoms with van der Waals surface area (Å²) in [5.74, 6) is 0. The Kier molecular flexibility index (Phi) is 3.63. The Morgan fingerprint density at radius 1 is 1.60 bits per heavy atom. The highest BCUT2D eigenvalue weighted by molar-refractivity contribution is 7.91. The van der Waals surface area contributed by atoms with E-state index >= 15 is 0 Å². The number of sulfonamides is 1. The molecule has 0 aliphatic carbocycles. The summed E-state index contributed by atoms with van der Waals surface area (Å²) in [5.41, 5.74) is 5.67. The third kappa shape index (κ3) is 2.86. The van der Waals surface area contributed by atoms with Gasteiger partial charge in [0, 0.05) is 18.1 Å². The molecular formula is C7H10F2N2O2S2. The number of halogens is 2. The Morgan fingerprint density at radius 3 is 2.60 bits per heavy atom. The van der Waals surface area contributed by atoms with Gasteiger partial charge >= 0.3 is 0 Å². The van der Waals surface area contributed by atoms with E-state index in [9.17, 15) is 17.2 Å². The number of nitrogens with two attached hydrogens (primary N) is 1. The molecule has 8 heteroatoms. The zero-order valence-electron chi connectivity index (χ0n) is 7.85. The number of hydrogen-bond acceptors (Lipinski definition) is 4. The van der Waals surface area contributed by atoms with Gasteiger partial charge < -0.3 is 5.73 Å². The van der Waals surface area contributed by atoms with Gasteiger partial charge in [0.25, 0.3) is 16.4 Å². The lowest BCUT2D eigenvalue weighted by Crippen LogP contribution is -2.30. The van der Waals surface area contributed by atoms with E-state index in [2.05, 4.69) is 0 Å². The molecule has 0 atom stereocenters. The molecule has 0 saturated carbocycles. The standard InChI is InChI=1S/C7H10F2N2O2S2/c1-11(3-6(8)9)15(12,13)7-2-5(10)4-14-7/h2,4,6H,3,10H2,1H3. The minimum absolute atomic E-state index is 0.0249. The van der Waals surface area contributed by atoms with E-state index in [-0.39, 0.29) is 4.21 Å². The van der Waals surface area contributed by atoms with Crippen LogP contribution in [0.15, 0.2) is 15.7 Å². The molecule has 0 aliphatic heterocycles. The molecule has 86 valence electrons. The monoisotopic (exact) mass is 256 g/mol. The third-order valence-corrected chi connectivity index (χ3v) is 4.91. The van der Waals surface area contributed by atoms with E-state index in [4.69, 9.17) is 5.73 Å². The molecular weight excluding hydrogens is 246 g/mol. The van der Waals surface area contributed by atoms with Crippen LogP contribution in [0.3, 0.4) is 0 Å². The lowest BCUT2D eigenvalue weighted by molar-refractivity contribution is 0.126. The van der Waals surface area contributed by atoms with E-state index in [0.29, 0.717) is 9.99 Å². The number of anilines is 1. The smallest absolute Gasteiger partial charge is 0.252 e. The molecule has 1 aromatic rings. The lowest BCUT2D eigenvalue weighted by Gasteiger charge is -2.14. The highest BCUT2D eigenvalue weighted by Gasteiger charge is 2.24. The first-order chi connectivity index (χ1) is 6.84. The number of nitrogen functional groups attached to an aromatic ring is 1. The summed E-state index contributed by atoms with van der Waals surface area (Å²) >= 11 is 0.912. The molecule has 1 rings (SSSR count). The van der Waals surface area contributed by atoms with Crippen molar-refractivity contribution in [2.45, 2.75) is 10.6 Å². The van der Waals surface area contributed by atoms with Crippen LogP contribution < -0.4 is 5.73 Å². The Morgan fingerprint density at radius 2 is 2.20 bits per heavy atom. The Bertz CT molecular complexity index is 430. The van der Waals surface area contributed by atoms with Gasteiger partial charge in [0.15, 0.2) is 0 Å². The van der Waals surface area contributed by atoms with Crippen molar-refractivity contribution < 1.29 is 17.2 Å². The van der Waals surface area contributed by atoms with Gasteiger partial charge in [-0.05, 0) is 6.07 Å². The summed E-state index contributed by atoms with van der Waals surface area (Å²) < 4.78 is 47.9. The van der Waals surface area contributed by atoms with Crippen LogP contribution in [0.4, 0.5) is 14.5 Å². The highest BCUT2D eigenvalue weighted by Crippen LogP contribution is 2.24. The maximum atomic E-state index is 12.0. The topological polar surface area (TPSA) is 63.4 Å². The summed E-state index contributed by atoms with van der Waals surface area (Å²) in [6.45, 7) is -0.819. The second kappa shape index (κ2) is 4.42. The van der Waals surface area contributed by atoms with Gasteiger partial charge in [-0.1, -0.05) is 0 Å². The maximum absolute atomic E-state index is 12.0. The van der Waals surface area contributed by atoms with Crippen LogP contribution in [-0.2, 0) is 10.0 Å². The SMILES string of the molecule is CN(CC(F)F)S(=O)(=O)c1cc(N)cs1. The molecule has 15 heavy (non-hydrogen) atoms. The number of thiophene rings is 1. The summed E-state index contributed by atoms with van der Waals surface area (Å²) in [6.07, 6.45) is -2.69. The molecule has 0 unspecified atom stereocenters. The lowest BCUT2D eigenvalue weighted by atomic mass is 10.6. The number of nitrogens with zero attached hydrogens (tertiary/aromatic N) is 1. The van der Waals surface area contributed by atoms with Crippen LogP contribution in [0, 0.1) is 0 Å². The van der Waals surface area contributed by atoms with Crippen molar-refractivity contribution >= 4 is 27.0 Å². The fourth-order valence-corrected chi connectivity index (χ4v) is 3.35. The van der Waals surface area contributed by atoms with E-state index in [0.717, 1.165) is 18.4 Å². The molecule has 0 saturated heterocycles. The largest absolute Gasteiger partial charge is 0.398 e. The second-order valence-corrected chi connectivity index (χ2v) is 6.06. The van der Waals surface area contributed by atoms with Gasteiger partial charge in [0.05, 0.1) is 6.54 Å². The zero-order valence-corrected chi connectivity index (χ0v) is 9.49. The van der Waals surface area contributed by atoms with Gasteiger partial charge in [0.2, 0.25) is 0 Å². The fraction of sp³-hybridized carbons (Fsp3) is 0.429. The van der Waals surface area contributed by atoms with Gasteiger partial charge in [-0.25, -0.2) is 17.2 Å². The Hall–Kier alpha value is -0.730. The van der Waals surface area contributed by atoms with Crippen LogP contribution in [0.5, 0.6) is 0 Å². The quantitative estimate of drug-likeness (QED) is 0.881. The zero-order chi connectivity index (χ0) is 11.6. The first-order valence-corrected chi connectivity index (χ1v) is 6.24. The van der Waals surface area contributed by atoms with Crippen molar-refractivity contribution in [2.75, 3.05) is 19.3 Å². The Balaban J connectivity index is 2.93. The summed E-state index contributed by atoms with van der Waals surface area (Å²) in [5, 5.41) is 1.45. The predicted octanol–water partition coefficient (Wildman–Crippen LogP) is 1.22. The minimum Gasteiger partial charge on any atom is -0.398 e. The van der Waals surface area contributed by atoms with Crippen molar-refractivity contribution in [1.29, 1.82) is 0 Å². The van der Waals surface area contributed by atoms with E-state index in [1.54, 1.807) is 0 Å². The average molecular weight is 256 g/mol.